The highest BCUT2D eigenvalue weighted by Gasteiger charge is 2.43. The van der Waals surface area contributed by atoms with E-state index in [4.69, 9.17) is 0 Å². The molecule has 2 N–H and O–H groups in total. The van der Waals surface area contributed by atoms with E-state index in [1.54, 1.807) is 29.2 Å². The van der Waals surface area contributed by atoms with Crippen molar-refractivity contribution in [3.63, 3.8) is 0 Å². The van der Waals surface area contributed by atoms with E-state index in [1.165, 1.54) is 0 Å². The molecule has 2 unspecified atom stereocenters. The fourth-order valence-electron chi connectivity index (χ4n) is 4.38. The number of rotatable bonds is 2. The standard InChI is InChI=1S/C19H23N3O4/c23-16(21-10-9-19(26)8-4-3-5-13(19)11-21)12-22-17(24)14-6-1-2-7-15(14)20-18(22)25/h1-2,6-7,13,26H,3-5,8-12H2,(H,20,25). The van der Waals surface area contributed by atoms with E-state index in [9.17, 15) is 19.5 Å². The summed E-state index contributed by atoms with van der Waals surface area (Å²) < 4.78 is 0.965. The van der Waals surface area contributed by atoms with Crippen LogP contribution in [0.2, 0.25) is 0 Å². The van der Waals surface area contributed by atoms with Gasteiger partial charge in [0.1, 0.15) is 6.54 Å². The Balaban J connectivity index is 1.56. The van der Waals surface area contributed by atoms with Crippen molar-refractivity contribution in [1.82, 2.24) is 14.5 Å². The van der Waals surface area contributed by atoms with Gasteiger partial charge in [-0.1, -0.05) is 25.0 Å². The molecule has 138 valence electrons. The summed E-state index contributed by atoms with van der Waals surface area (Å²) in [6.07, 6.45) is 4.37. The maximum absolute atomic E-state index is 12.7. The molecule has 7 nitrogen and oxygen atoms in total. The van der Waals surface area contributed by atoms with Gasteiger partial charge in [0.25, 0.3) is 5.56 Å². The number of aliphatic hydroxyl groups is 1. The fraction of sp³-hybridized carbons (Fsp3) is 0.526. The Morgan fingerprint density at radius 3 is 2.88 bits per heavy atom. The summed E-state index contributed by atoms with van der Waals surface area (Å²) in [6, 6.07) is 6.77. The number of aromatic amines is 1. The minimum Gasteiger partial charge on any atom is -0.389 e. The van der Waals surface area contributed by atoms with Crippen LogP contribution < -0.4 is 11.2 Å². The van der Waals surface area contributed by atoms with Gasteiger partial charge < -0.3 is 15.0 Å². The first-order valence-corrected chi connectivity index (χ1v) is 9.20. The third-order valence-electron chi connectivity index (χ3n) is 5.96. The number of hydrogen-bond acceptors (Lipinski definition) is 4. The van der Waals surface area contributed by atoms with Crippen molar-refractivity contribution in [2.24, 2.45) is 5.92 Å². The Hall–Kier alpha value is -2.41. The van der Waals surface area contributed by atoms with Gasteiger partial charge in [0.05, 0.1) is 16.5 Å². The summed E-state index contributed by atoms with van der Waals surface area (Å²) >= 11 is 0. The Kier molecular flexibility index (Phi) is 4.19. The molecule has 2 fully saturated rings. The van der Waals surface area contributed by atoms with E-state index in [0.717, 1.165) is 30.3 Å². The van der Waals surface area contributed by atoms with Gasteiger partial charge in [0.2, 0.25) is 5.91 Å². The lowest BCUT2D eigenvalue weighted by molar-refractivity contribution is -0.144. The van der Waals surface area contributed by atoms with Crippen LogP contribution in [0.5, 0.6) is 0 Å². The van der Waals surface area contributed by atoms with Crippen molar-refractivity contribution in [3.05, 3.63) is 45.1 Å². The number of likely N-dealkylation sites (tertiary alicyclic amines) is 1. The quantitative estimate of drug-likeness (QED) is 0.833. The molecule has 1 aliphatic carbocycles. The molecule has 2 aromatic rings. The van der Waals surface area contributed by atoms with E-state index in [2.05, 4.69) is 4.98 Å². The van der Waals surface area contributed by atoms with E-state index in [-0.39, 0.29) is 18.4 Å². The number of H-pyrrole nitrogens is 1. The Morgan fingerprint density at radius 1 is 1.23 bits per heavy atom. The molecule has 1 saturated heterocycles. The van der Waals surface area contributed by atoms with Crippen LogP contribution in [-0.2, 0) is 11.3 Å². The molecular weight excluding hydrogens is 334 g/mol. The molecule has 7 heteroatoms. The summed E-state index contributed by atoms with van der Waals surface area (Å²) in [7, 11) is 0. The number of para-hydroxylation sites is 1. The molecule has 4 rings (SSSR count). The summed E-state index contributed by atoms with van der Waals surface area (Å²) in [4.78, 5) is 41.9. The molecule has 2 aliphatic rings. The van der Waals surface area contributed by atoms with Crippen molar-refractivity contribution in [2.75, 3.05) is 13.1 Å². The molecule has 1 aromatic heterocycles. The molecule has 0 bridgehead atoms. The lowest BCUT2D eigenvalue weighted by Crippen LogP contribution is -2.55. The highest BCUT2D eigenvalue weighted by Crippen LogP contribution is 2.39. The van der Waals surface area contributed by atoms with E-state index in [0.29, 0.717) is 30.4 Å². The molecule has 1 aliphatic heterocycles. The molecule has 2 heterocycles. The van der Waals surface area contributed by atoms with E-state index >= 15 is 0 Å². The van der Waals surface area contributed by atoms with Crippen LogP contribution in [-0.4, -0.2) is 44.2 Å². The molecule has 0 radical (unpaired) electrons. The van der Waals surface area contributed by atoms with Gasteiger partial charge in [-0.2, -0.15) is 0 Å². The molecule has 1 saturated carbocycles. The largest absolute Gasteiger partial charge is 0.389 e. The highest BCUT2D eigenvalue weighted by atomic mass is 16.3. The molecule has 26 heavy (non-hydrogen) atoms. The zero-order valence-corrected chi connectivity index (χ0v) is 14.6. The Bertz CT molecular complexity index is 963. The molecule has 1 amide bonds. The van der Waals surface area contributed by atoms with Gasteiger partial charge in [0, 0.05) is 19.0 Å². The lowest BCUT2D eigenvalue weighted by atomic mass is 9.71. The molecule has 1 aromatic carbocycles. The van der Waals surface area contributed by atoms with Gasteiger partial charge in [-0.25, -0.2) is 4.79 Å². The predicted molar refractivity (Wildman–Crippen MR) is 96.9 cm³/mol. The second kappa shape index (κ2) is 6.39. The molecule has 0 spiro atoms. The van der Waals surface area contributed by atoms with Crippen LogP contribution in [0.1, 0.15) is 32.1 Å². The lowest BCUT2D eigenvalue weighted by Gasteiger charge is -2.47. The number of carbonyl (C=O) groups excluding carboxylic acids is 1. The first kappa shape index (κ1) is 17.0. The van der Waals surface area contributed by atoms with Crippen LogP contribution in [0.15, 0.2) is 33.9 Å². The minimum absolute atomic E-state index is 0.0839. The number of aromatic nitrogens is 2. The van der Waals surface area contributed by atoms with E-state index in [1.807, 2.05) is 0 Å². The maximum atomic E-state index is 12.7. The Labute approximate surface area is 150 Å². The number of benzene rings is 1. The van der Waals surface area contributed by atoms with Gasteiger partial charge in [-0.05, 0) is 31.4 Å². The number of carbonyl (C=O) groups is 1. The third kappa shape index (κ3) is 2.86. The average Bonchev–Trinajstić information content (AvgIpc) is 2.64. The number of amides is 1. The summed E-state index contributed by atoms with van der Waals surface area (Å²) in [5.74, 6) is -0.166. The highest BCUT2D eigenvalue weighted by molar-refractivity contribution is 5.79. The van der Waals surface area contributed by atoms with Gasteiger partial charge >= 0.3 is 5.69 Å². The van der Waals surface area contributed by atoms with Crippen LogP contribution >= 0.6 is 0 Å². The monoisotopic (exact) mass is 357 g/mol. The van der Waals surface area contributed by atoms with Crippen LogP contribution in [0.4, 0.5) is 0 Å². The normalized spacial score (nSPS) is 25.9. The number of hydrogen-bond donors (Lipinski definition) is 2. The SMILES string of the molecule is O=C(Cn1c(=O)[nH]c2ccccc2c1=O)N1CCC2(O)CCCCC2C1. The second-order valence-electron chi connectivity index (χ2n) is 7.50. The van der Waals surface area contributed by atoms with Crippen molar-refractivity contribution < 1.29 is 9.90 Å². The first-order chi connectivity index (χ1) is 12.5. The average molecular weight is 357 g/mol. The fourth-order valence-corrected chi connectivity index (χ4v) is 4.38. The smallest absolute Gasteiger partial charge is 0.329 e. The summed E-state index contributed by atoms with van der Waals surface area (Å²) in [5, 5.41) is 11.1. The van der Waals surface area contributed by atoms with Crippen molar-refractivity contribution in [3.8, 4) is 0 Å². The van der Waals surface area contributed by atoms with Crippen LogP contribution in [0.3, 0.4) is 0 Å². The van der Waals surface area contributed by atoms with Gasteiger partial charge in [0.15, 0.2) is 0 Å². The first-order valence-electron chi connectivity index (χ1n) is 9.20. The summed E-state index contributed by atoms with van der Waals surface area (Å²) in [5.41, 5.74) is -1.22. The van der Waals surface area contributed by atoms with Gasteiger partial charge in [-0.15, -0.1) is 0 Å². The summed E-state index contributed by atoms with van der Waals surface area (Å²) in [6.45, 7) is 0.686. The Morgan fingerprint density at radius 2 is 2.04 bits per heavy atom. The van der Waals surface area contributed by atoms with Gasteiger partial charge in [-0.3, -0.25) is 14.2 Å². The van der Waals surface area contributed by atoms with Crippen molar-refractivity contribution >= 4 is 16.8 Å². The van der Waals surface area contributed by atoms with Crippen LogP contribution in [0, 0.1) is 5.92 Å². The zero-order valence-electron chi connectivity index (χ0n) is 14.6. The predicted octanol–water partition coefficient (Wildman–Crippen LogP) is 0.843. The number of nitrogens with one attached hydrogen (secondary N) is 1. The van der Waals surface area contributed by atoms with E-state index < -0.39 is 16.9 Å². The topological polar surface area (TPSA) is 95.4 Å². The van der Waals surface area contributed by atoms with Crippen LogP contribution in [0.25, 0.3) is 10.9 Å². The second-order valence-corrected chi connectivity index (χ2v) is 7.50. The number of nitrogens with zero attached hydrogens (tertiary/aromatic N) is 2. The number of fused-ring (bicyclic) bond motifs is 2. The van der Waals surface area contributed by atoms with Crippen molar-refractivity contribution in [1.29, 1.82) is 0 Å². The molecular formula is C19H23N3O4. The molecule has 2 atom stereocenters. The third-order valence-corrected chi connectivity index (χ3v) is 5.96. The maximum Gasteiger partial charge on any atom is 0.329 e. The zero-order chi connectivity index (χ0) is 18.3. The minimum atomic E-state index is -0.660. The van der Waals surface area contributed by atoms with Crippen molar-refractivity contribution in [2.45, 2.75) is 44.2 Å². The number of piperidine rings is 1.